The summed E-state index contributed by atoms with van der Waals surface area (Å²) in [6.07, 6.45) is 2.95. The van der Waals surface area contributed by atoms with Crippen molar-refractivity contribution in [3.63, 3.8) is 0 Å². The minimum atomic E-state index is 0.278. The van der Waals surface area contributed by atoms with E-state index in [4.69, 9.17) is 5.11 Å². The highest BCUT2D eigenvalue weighted by Crippen LogP contribution is 2.04. The van der Waals surface area contributed by atoms with Crippen LogP contribution < -0.4 is 5.32 Å². The summed E-state index contributed by atoms with van der Waals surface area (Å²) in [6.45, 7) is 5.07. The number of unbranched alkanes of at least 4 members (excludes halogenated alkanes) is 2. The summed E-state index contributed by atoms with van der Waals surface area (Å²) in [7, 11) is 0. The van der Waals surface area contributed by atoms with Crippen molar-refractivity contribution in [1.82, 2.24) is 9.97 Å². The van der Waals surface area contributed by atoms with Crippen LogP contribution in [0.3, 0.4) is 0 Å². The van der Waals surface area contributed by atoms with Crippen molar-refractivity contribution in [2.45, 2.75) is 33.1 Å². The van der Waals surface area contributed by atoms with Crippen LogP contribution in [0.5, 0.6) is 0 Å². The highest BCUT2D eigenvalue weighted by atomic mass is 16.2. The van der Waals surface area contributed by atoms with E-state index in [1.54, 1.807) is 0 Å². The Morgan fingerprint density at radius 1 is 1.13 bits per heavy atom. The third-order valence-electron chi connectivity index (χ3n) is 2.10. The van der Waals surface area contributed by atoms with Crippen molar-refractivity contribution >= 4 is 5.95 Å². The zero-order chi connectivity index (χ0) is 11.1. The Balaban J connectivity index is 2.31. The minimum absolute atomic E-state index is 0.278. The zero-order valence-corrected chi connectivity index (χ0v) is 9.45. The molecule has 1 aromatic rings. The second kappa shape index (κ2) is 6.35. The number of aromatic nitrogens is 2. The number of hydrogen-bond donors (Lipinski definition) is 2. The summed E-state index contributed by atoms with van der Waals surface area (Å²) < 4.78 is 0. The second-order valence-electron chi connectivity index (χ2n) is 3.69. The summed E-state index contributed by atoms with van der Waals surface area (Å²) in [5, 5.41) is 11.8. The van der Waals surface area contributed by atoms with Gasteiger partial charge in [-0.2, -0.15) is 0 Å². The van der Waals surface area contributed by atoms with E-state index in [0.29, 0.717) is 5.95 Å². The van der Waals surface area contributed by atoms with Crippen molar-refractivity contribution in [1.29, 1.82) is 0 Å². The molecule has 2 N–H and O–H groups in total. The third kappa shape index (κ3) is 4.74. The number of nitrogens with zero attached hydrogens (tertiary/aromatic N) is 2. The van der Waals surface area contributed by atoms with Gasteiger partial charge in [-0.25, -0.2) is 9.97 Å². The largest absolute Gasteiger partial charge is 0.396 e. The van der Waals surface area contributed by atoms with Crippen LogP contribution in [-0.2, 0) is 0 Å². The standard InChI is InChI=1S/C11H19N3O/c1-9-8-10(2)14-11(13-9)12-6-4-3-5-7-15/h8,15H,3-7H2,1-2H3,(H,12,13,14). The molecule has 0 bridgehead atoms. The van der Waals surface area contributed by atoms with Crippen LogP contribution >= 0.6 is 0 Å². The van der Waals surface area contributed by atoms with Crippen LogP contribution in [0.1, 0.15) is 30.7 Å². The van der Waals surface area contributed by atoms with Gasteiger partial charge in [0.05, 0.1) is 0 Å². The Hall–Kier alpha value is -1.16. The highest BCUT2D eigenvalue weighted by molar-refractivity contribution is 5.27. The van der Waals surface area contributed by atoms with Gasteiger partial charge in [0.1, 0.15) is 0 Å². The average Bonchev–Trinajstić information content (AvgIpc) is 2.16. The molecule has 0 aliphatic rings. The lowest BCUT2D eigenvalue weighted by Gasteiger charge is -2.05. The van der Waals surface area contributed by atoms with Gasteiger partial charge in [0.25, 0.3) is 0 Å². The first-order valence-corrected chi connectivity index (χ1v) is 5.39. The molecule has 4 nitrogen and oxygen atoms in total. The van der Waals surface area contributed by atoms with E-state index in [9.17, 15) is 0 Å². The molecule has 0 saturated heterocycles. The predicted octanol–water partition coefficient (Wildman–Crippen LogP) is 1.67. The number of hydrogen-bond acceptors (Lipinski definition) is 4. The van der Waals surface area contributed by atoms with Crippen molar-refractivity contribution in [2.75, 3.05) is 18.5 Å². The monoisotopic (exact) mass is 209 g/mol. The molecule has 0 atom stereocenters. The van der Waals surface area contributed by atoms with Gasteiger partial charge in [-0.1, -0.05) is 0 Å². The van der Waals surface area contributed by atoms with Crippen LogP contribution in [0.4, 0.5) is 5.95 Å². The van der Waals surface area contributed by atoms with E-state index in [2.05, 4.69) is 15.3 Å². The second-order valence-corrected chi connectivity index (χ2v) is 3.69. The SMILES string of the molecule is Cc1cc(C)nc(NCCCCCO)n1. The molecule has 0 aromatic carbocycles. The third-order valence-corrected chi connectivity index (χ3v) is 2.10. The van der Waals surface area contributed by atoms with Crippen molar-refractivity contribution in [3.05, 3.63) is 17.5 Å². The van der Waals surface area contributed by atoms with Gasteiger partial charge in [0.15, 0.2) is 0 Å². The van der Waals surface area contributed by atoms with Crippen molar-refractivity contribution < 1.29 is 5.11 Å². The fourth-order valence-electron chi connectivity index (χ4n) is 1.42. The lowest BCUT2D eigenvalue weighted by molar-refractivity contribution is 0.283. The number of aliphatic hydroxyl groups excluding tert-OH is 1. The van der Waals surface area contributed by atoms with Crippen LogP contribution in [0.2, 0.25) is 0 Å². The van der Waals surface area contributed by atoms with Crippen LogP contribution in [0.15, 0.2) is 6.07 Å². The lowest BCUT2D eigenvalue weighted by atomic mass is 10.2. The van der Waals surface area contributed by atoms with Crippen LogP contribution in [0.25, 0.3) is 0 Å². The molecule has 0 aliphatic carbocycles. The molecule has 4 heteroatoms. The zero-order valence-electron chi connectivity index (χ0n) is 9.45. The number of rotatable bonds is 6. The van der Waals surface area contributed by atoms with Crippen LogP contribution in [-0.4, -0.2) is 28.2 Å². The molecule has 1 heterocycles. The van der Waals surface area contributed by atoms with Gasteiger partial charge < -0.3 is 10.4 Å². The van der Waals surface area contributed by atoms with Crippen molar-refractivity contribution in [2.24, 2.45) is 0 Å². The maximum absolute atomic E-state index is 8.61. The van der Waals surface area contributed by atoms with Gasteiger partial charge >= 0.3 is 0 Å². The Kier molecular flexibility index (Phi) is 5.04. The molecular weight excluding hydrogens is 190 g/mol. The lowest BCUT2D eigenvalue weighted by Crippen LogP contribution is -2.07. The van der Waals surface area contributed by atoms with E-state index in [1.165, 1.54) is 0 Å². The molecule has 0 unspecified atom stereocenters. The molecule has 0 fully saturated rings. The van der Waals surface area contributed by atoms with E-state index < -0.39 is 0 Å². The number of aliphatic hydroxyl groups is 1. The summed E-state index contributed by atoms with van der Waals surface area (Å²) in [6, 6.07) is 1.96. The van der Waals surface area contributed by atoms with E-state index in [-0.39, 0.29) is 6.61 Å². The molecule has 1 rings (SSSR count). The molecule has 0 radical (unpaired) electrons. The van der Waals surface area contributed by atoms with Gasteiger partial charge in [-0.05, 0) is 39.2 Å². The molecule has 1 aromatic heterocycles. The number of anilines is 1. The predicted molar refractivity (Wildman–Crippen MR) is 60.9 cm³/mol. The smallest absolute Gasteiger partial charge is 0.223 e. The van der Waals surface area contributed by atoms with Gasteiger partial charge in [0.2, 0.25) is 5.95 Å². The Morgan fingerprint density at radius 2 is 1.80 bits per heavy atom. The quantitative estimate of drug-likeness (QED) is 0.700. The fraction of sp³-hybridized carbons (Fsp3) is 0.636. The topological polar surface area (TPSA) is 58.0 Å². The molecule has 15 heavy (non-hydrogen) atoms. The van der Waals surface area contributed by atoms with Gasteiger partial charge in [0, 0.05) is 24.5 Å². The molecule has 0 aliphatic heterocycles. The van der Waals surface area contributed by atoms with E-state index in [1.807, 2.05) is 19.9 Å². The first kappa shape index (κ1) is 11.9. The maximum atomic E-state index is 8.61. The first-order valence-electron chi connectivity index (χ1n) is 5.39. The van der Waals surface area contributed by atoms with E-state index in [0.717, 1.165) is 37.2 Å². The van der Waals surface area contributed by atoms with Crippen molar-refractivity contribution in [3.8, 4) is 0 Å². The maximum Gasteiger partial charge on any atom is 0.223 e. The van der Waals surface area contributed by atoms with Crippen LogP contribution in [0, 0.1) is 13.8 Å². The van der Waals surface area contributed by atoms with Gasteiger partial charge in [-0.3, -0.25) is 0 Å². The highest BCUT2D eigenvalue weighted by Gasteiger charge is 1.97. The average molecular weight is 209 g/mol. The Labute approximate surface area is 90.8 Å². The van der Waals surface area contributed by atoms with E-state index >= 15 is 0 Å². The molecular formula is C11H19N3O. The summed E-state index contributed by atoms with van der Waals surface area (Å²) in [5.74, 6) is 0.705. The number of aryl methyl sites for hydroxylation is 2. The normalized spacial score (nSPS) is 10.3. The molecule has 84 valence electrons. The minimum Gasteiger partial charge on any atom is -0.396 e. The number of nitrogens with one attached hydrogen (secondary N) is 1. The first-order chi connectivity index (χ1) is 7.22. The molecule has 0 amide bonds. The summed E-state index contributed by atoms with van der Waals surface area (Å²) >= 11 is 0. The summed E-state index contributed by atoms with van der Waals surface area (Å²) in [5.41, 5.74) is 1.97. The Bertz CT molecular complexity index is 282. The molecule has 0 spiro atoms. The fourth-order valence-corrected chi connectivity index (χ4v) is 1.42. The summed E-state index contributed by atoms with van der Waals surface area (Å²) in [4.78, 5) is 8.56. The Morgan fingerprint density at radius 3 is 2.40 bits per heavy atom. The van der Waals surface area contributed by atoms with Gasteiger partial charge in [-0.15, -0.1) is 0 Å². The molecule has 0 saturated carbocycles.